The average Bonchev–Trinajstić information content (AvgIpc) is 4.01. The van der Waals surface area contributed by atoms with Crippen molar-refractivity contribution in [1.82, 2.24) is 19.7 Å². The molecule has 3 aliphatic rings. The van der Waals surface area contributed by atoms with Gasteiger partial charge in [-0.25, -0.2) is 26.9 Å². The smallest absolute Gasteiger partial charge is 0.233 e. The van der Waals surface area contributed by atoms with Crippen LogP contribution in [0.15, 0.2) is 47.4 Å². The van der Waals surface area contributed by atoms with Gasteiger partial charge in [0.05, 0.1) is 18.6 Å². The number of hydrogen-bond acceptors (Lipinski definition) is 9. The molecule has 1 atom stereocenters. The van der Waals surface area contributed by atoms with Crippen molar-refractivity contribution in [2.75, 3.05) is 36.8 Å². The maximum atomic E-state index is 15.4. The molecule has 2 aliphatic carbocycles. The molecule has 3 fully saturated rings. The molecule has 2 aromatic carbocycles. The Morgan fingerprint density at radius 3 is 2.27 bits per heavy atom. The summed E-state index contributed by atoms with van der Waals surface area (Å²) in [5.74, 6) is 0.169. The number of hydrogen-bond donors (Lipinski definition) is 0. The standard InChI is InChI=1S/C34H37ClF2N6O4S/c1-41(31-25(36)16-24(17-26(31)37)48(3,44)45)34-38-32(35)30(22-11-12-22)33(39-34)42(19-20-7-13-23(46-2)14-8-20)28-18-27(21-9-10-21)43(40-28)29-6-4-5-15-47-29/h7-8,13-14,16-18,21-22,29H,4-6,9-12,15,19H2,1-3H3. The van der Waals surface area contributed by atoms with Gasteiger partial charge in [0.25, 0.3) is 0 Å². The van der Waals surface area contributed by atoms with Crippen molar-refractivity contribution < 1.29 is 26.7 Å². The van der Waals surface area contributed by atoms with E-state index in [1.54, 1.807) is 7.11 Å². The van der Waals surface area contributed by atoms with Gasteiger partial charge in [0, 0.05) is 43.2 Å². The summed E-state index contributed by atoms with van der Waals surface area (Å²) in [7, 11) is -0.814. The summed E-state index contributed by atoms with van der Waals surface area (Å²) in [5, 5.41) is 5.32. The molecular formula is C34H37ClF2N6O4S. The fraction of sp³-hybridized carbons (Fsp3) is 0.441. The minimum absolute atomic E-state index is 0.0542. The Labute approximate surface area is 283 Å². The van der Waals surface area contributed by atoms with Crippen LogP contribution in [0.1, 0.15) is 79.8 Å². The summed E-state index contributed by atoms with van der Waals surface area (Å²) < 4.78 is 68.4. The van der Waals surface area contributed by atoms with Gasteiger partial charge in [0.15, 0.2) is 33.5 Å². The Kier molecular flexibility index (Phi) is 8.80. The lowest BCUT2D eigenvalue weighted by Gasteiger charge is -2.27. The number of nitrogens with zero attached hydrogens (tertiary/aromatic N) is 6. The zero-order chi connectivity index (χ0) is 33.7. The number of benzene rings is 2. The molecule has 48 heavy (non-hydrogen) atoms. The number of methoxy groups -OCH3 is 1. The van der Waals surface area contributed by atoms with E-state index in [4.69, 9.17) is 31.2 Å². The molecule has 0 spiro atoms. The summed E-state index contributed by atoms with van der Waals surface area (Å²) in [6, 6.07) is 11.4. The first-order valence-electron chi connectivity index (χ1n) is 16.1. The molecule has 0 radical (unpaired) electrons. The van der Waals surface area contributed by atoms with E-state index in [2.05, 4.69) is 11.1 Å². The lowest BCUT2D eigenvalue weighted by atomic mass is 10.1. The fourth-order valence-electron chi connectivity index (χ4n) is 6.21. The Morgan fingerprint density at radius 1 is 1.00 bits per heavy atom. The quantitative estimate of drug-likeness (QED) is 0.147. The van der Waals surface area contributed by atoms with E-state index in [9.17, 15) is 8.42 Å². The maximum absolute atomic E-state index is 15.4. The van der Waals surface area contributed by atoms with Crippen LogP contribution in [0, 0.1) is 11.6 Å². The van der Waals surface area contributed by atoms with E-state index < -0.39 is 32.1 Å². The van der Waals surface area contributed by atoms with Gasteiger partial charge in [0.1, 0.15) is 22.4 Å². The minimum Gasteiger partial charge on any atom is -0.497 e. The molecule has 10 nitrogen and oxygen atoms in total. The van der Waals surface area contributed by atoms with Crippen LogP contribution in [-0.2, 0) is 21.1 Å². The third-order valence-electron chi connectivity index (χ3n) is 9.11. The molecular weight excluding hydrogens is 662 g/mol. The summed E-state index contributed by atoms with van der Waals surface area (Å²) >= 11 is 6.93. The predicted octanol–water partition coefficient (Wildman–Crippen LogP) is 7.58. The minimum atomic E-state index is -3.85. The third kappa shape index (κ3) is 6.59. The second-order valence-corrected chi connectivity index (χ2v) is 15.2. The van der Waals surface area contributed by atoms with Crippen LogP contribution in [0.2, 0.25) is 5.15 Å². The van der Waals surface area contributed by atoms with E-state index in [-0.39, 0.29) is 23.2 Å². The van der Waals surface area contributed by atoms with Crippen molar-refractivity contribution in [2.24, 2.45) is 0 Å². The van der Waals surface area contributed by atoms with Crippen LogP contribution in [0.25, 0.3) is 0 Å². The number of rotatable bonds is 11. The summed E-state index contributed by atoms with van der Waals surface area (Å²) in [6.45, 7) is 1.04. The molecule has 1 saturated heterocycles. The second-order valence-electron chi connectivity index (χ2n) is 12.8. The van der Waals surface area contributed by atoms with Crippen molar-refractivity contribution in [2.45, 2.75) is 74.4 Å². The number of ether oxygens (including phenoxy) is 2. The van der Waals surface area contributed by atoms with Crippen molar-refractivity contribution >= 4 is 44.7 Å². The molecule has 2 saturated carbocycles. The topological polar surface area (TPSA) is 103 Å². The van der Waals surface area contributed by atoms with E-state index in [1.807, 2.05) is 33.8 Å². The van der Waals surface area contributed by atoms with E-state index >= 15 is 8.78 Å². The molecule has 3 heterocycles. The molecule has 254 valence electrons. The molecule has 7 rings (SSSR count). The third-order valence-corrected chi connectivity index (χ3v) is 10.5. The average molecular weight is 699 g/mol. The normalized spacial score (nSPS) is 18.2. The largest absolute Gasteiger partial charge is 0.497 e. The van der Waals surface area contributed by atoms with Crippen molar-refractivity contribution in [1.29, 1.82) is 0 Å². The van der Waals surface area contributed by atoms with Gasteiger partial charge in [-0.05, 0) is 80.7 Å². The second kappa shape index (κ2) is 12.9. The van der Waals surface area contributed by atoms with Gasteiger partial charge >= 0.3 is 0 Å². The number of halogens is 3. The van der Waals surface area contributed by atoms with Crippen LogP contribution >= 0.6 is 11.6 Å². The Morgan fingerprint density at radius 2 is 1.69 bits per heavy atom. The van der Waals surface area contributed by atoms with Crippen LogP contribution < -0.4 is 14.5 Å². The molecule has 14 heteroatoms. The van der Waals surface area contributed by atoms with Gasteiger partial charge in [-0.3, -0.25) is 0 Å². The van der Waals surface area contributed by atoms with Crippen molar-refractivity contribution in [3.8, 4) is 5.75 Å². The highest BCUT2D eigenvalue weighted by Gasteiger charge is 2.37. The zero-order valence-electron chi connectivity index (χ0n) is 27.0. The predicted molar refractivity (Wildman–Crippen MR) is 178 cm³/mol. The molecule has 0 amide bonds. The molecule has 0 N–H and O–H groups in total. The highest BCUT2D eigenvalue weighted by atomic mass is 35.5. The lowest BCUT2D eigenvalue weighted by Crippen LogP contribution is -2.24. The first-order valence-corrected chi connectivity index (χ1v) is 18.4. The zero-order valence-corrected chi connectivity index (χ0v) is 28.6. The molecule has 1 aliphatic heterocycles. The van der Waals surface area contributed by atoms with Crippen LogP contribution in [0.3, 0.4) is 0 Å². The van der Waals surface area contributed by atoms with Crippen molar-refractivity contribution in [3.63, 3.8) is 0 Å². The molecule has 0 bridgehead atoms. The number of anilines is 4. The van der Waals surface area contributed by atoms with Crippen LogP contribution in [-0.4, -0.2) is 55.2 Å². The number of sulfone groups is 1. The molecule has 2 aromatic heterocycles. The highest BCUT2D eigenvalue weighted by Crippen LogP contribution is 2.50. The molecule has 1 unspecified atom stereocenters. The first kappa shape index (κ1) is 32.7. The van der Waals surface area contributed by atoms with E-state index in [1.165, 1.54) is 7.05 Å². The lowest BCUT2D eigenvalue weighted by molar-refractivity contribution is -0.0410. The summed E-state index contributed by atoms with van der Waals surface area (Å²) in [4.78, 5) is 12.1. The van der Waals surface area contributed by atoms with Gasteiger partial charge in [-0.1, -0.05) is 23.7 Å². The molecule has 4 aromatic rings. The first-order chi connectivity index (χ1) is 23.0. The van der Waals surface area contributed by atoms with Crippen LogP contribution in [0.4, 0.5) is 32.1 Å². The Bertz CT molecular complexity index is 1920. The van der Waals surface area contributed by atoms with Gasteiger partial charge in [-0.15, -0.1) is 0 Å². The van der Waals surface area contributed by atoms with Gasteiger partial charge < -0.3 is 19.3 Å². The van der Waals surface area contributed by atoms with Crippen LogP contribution in [0.5, 0.6) is 5.75 Å². The van der Waals surface area contributed by atoms with Gasteiger partial charge in [-0.2, -0.15) is 10.1 Å². The SMILES string of the molecule is COc1ccc(CN(c2cc(C3CC3)n(C3CCCCO3)n2)c2nc(N(C)c3c(F)cc(S(C)(=O)=O)cc3F)nc(Cl)c2C2CC2)cc1. The summed E-state index contributed by atoms with van der Waals surface area (Å²) in [5.41, 5.74) is 2.30. The summed E-state index contributed by atoms with van der Waals surface area (Å²) in [6.07, 6.45) is 7.63. The maximum Gasteiger partial charge on any atom is 0.233 e. The Balaban J connectivity index is 1.37. The van der Waals surface area contributed by atoms with E-state index in [0.717, 1.165) is 90.8 Å². The fourth-order valence-corrected chi connectivity index (χ4v) is 7.16. The highest BCUT2D eigenvalue weighted by molar-refractivity contribution is 7.90. The monoisotopic (exact) mass is 698 g/mol. The Hall–Kier alpha value is -3.81. The van der Waals surface area contributed by atoms with Gasteiger partial charge in [0.2, 0.25) is 5.95 Å². The number of aromatic nitrogens is 4. The van der Waals surface area contributed by atoms with Crippen molar-refractivity contribution in [3.05, 3.63) is 76.1 Å². The van der Waals surface area contributed by atoms with E-state index in [0.29, 0.717) is 30.7 Å².